The molecule has 0 saturated carbocycles. The van der Waals surface area contributed by atoms with Crippen molar-refractivity contribution in [3.05, 3.63) is 59.8 Å². The van der Waals surface area contributed by atoms with Crippen LogP contribution in [0.25, 0.3) is 0 Å². The van der Waals surface area contributed by atoms with Crippen molar-refractivity contribution in [2.75, 3.05) is 19.6 Å². The van der Waals surface area contributed by atoms with Gasteiger partial charge in [0, 0.05) is 38.3 Å². The van der Waals surface area contributed by atoms with Crippen molar-refractivity contribution >= 4 is 11.8 Å². The zero-order valence-electron chi connectivity index (χ0n) is 17.0. The number of carbonyl (C=O) groups is 2. The van der Waals surface area contributed by atoms with Gasteiger partial charge in [-0.05, 0) is 37.8 Å². The van der Waals surface area contributed by atoms with Crippen molar-refractivity contribution in [3.63, 3.8) is 0 Å². The first-order valence-electron chi connectivity index (χ1n) is 10.4. The monoisotopic (exact) mass is 395 g/mol. The van der Waals surface area contributed by atoms with Gasteiger partial charge in [0.15, 0.2) is 0 Å². The summed E-state index contributed by atoms with van der Waals surface area (Å²) in [6, 6.07) is 13.3. The molecule has 2 heterocycles. The Bertz CT molecular complexity index is 793. The normalized spacial score (nSPS) is 15.5. The first kappa shape index (κ1) is 20.8. The maximum absolute atomic E-state index is 12.3. The third-order valence-corrected chi connectivity index (χ3v) is 5.13. The zero-order valence-corrected chi connectivity index (χ0v) is 17.0. The second-order valence-electron chi connectivity index (χ2n) is 7.36. The number of nitrogens with one attached hydrogen (secondary N) is 1. The Morgan fingerprint density at radius 2 is 2.00 bits per heavy atom. The minimum Gasteiger partial charge on any atom is -0.470 e. The summed E-state index contributed by atoms with van der Waals surface area (Å²) in [7, 11) is 0. The summed E-state index contributed by atoms with van der Waals surface area (Å²) in [4.78, 5) is 30.4. The van der Waals surface area contributed by atoms with Crippen molar-refractivity contribution in [1.29, 1.82) is 0 Å². The Morgan fingerprint density at radius 3 is 2.76 bits per heavy atom. The number of hydrogen-bond donors (Lipinski definition) is 1. The number of rotatable bonds is 8. The van der Waals surface area contributed by atoms with Gasteiger partial charge in [0.2, 0.25) is 11.8 Å². The summed E-state index contributed by atoms with van der Waals surface area (Å²) in [5, 5.41) is 2.90. The van der Waals surface area contributed by atoms with E-state index < -0.39 is 0 Å². The number of aromatic nitrogens is 1. The highest BCUT2D eigenvalue weighted by atomic mass is 16.5. The molecule has 1 atom stereocenters. The fourth-order valence-electron chi connectivity index (χ4n) is 3.41. The summed E-state index contributed by atoms with van der Waals surface area (Å²) >= 11 is 0. The van der Waals surface area contributed by atoms with Crippen LogP contribution in [0, 0.1) is 0 Å². The summed E-state index contributed by atoms with van der Waals surface area (Å²) in [5.74, 6) is 0.554. The molecular formula is C23H29N3O3. The van der Waals surface area contributed by atoms with Crippen LogP contribution in [0.2, 0.25) is 0 Å². The molecule has 0 bridgehead atoms. The van der Waals surface area contributed by atoms with Crippen molar-refractivity contribution in [2.45, 2.75) is 45.1 Å². The maximum Gasteiger partial charge on any atom is 0.252 e. The molecule has 0 spiro atoms. The molecule has 1 aromatic heterocycles. The number of likely N-dealkylation sites (tertiary alicyclic amines) is 1. The average molecular weight is 396 g/mol. The summed E-state index contributed by atoms with van der Waals surface area (Å²) in [6.07, 6.45) is 5.99. The summed E-state index contributed by atoms with van der Waals surface area (Å²) < 4.78 is 5.84. The third kappa shape index (κ3) is 6.31. The Labute approximate surface area is 172 Å². The third-order valence-electron chi connectivity index (χ3n) is 5.13. The van der Waals surface area contributed by atoms with Crippen molar-refractivity contribution in [2.24, 2.45) is 0 Å². The lowest BCUT2D eigenvalue weighted by atomic mass is 10.1. The minimum absolute atomic E-state index is 0.120. The maximum atomic E-state index is 12.3. The van der Waals surface area contributed by atoms with Crippen molar-refractivity contribution in [3.8, 4) is 5.88 Å². The van der Waals surface area contributed by atoms with E-state index in [4.69, 9.17) is 4.74 Å². The van der Waals surface area contributed by atoms with Crippen molar-refractivity contribution < 1.29 is 14.3 Å². The molecule has 154 valence electrons. The van der Waals surface area contributed by atoms with Crippen LogP contribution >= 0.6 is 0 Å². The standard InChI is InChI=1S/C23H29N3O3/c1-18(19-9-4-2-5-10-19)29-21-13-12-20(17-25-21)23(28)24-14-8-16-26-15-7-3-6-11-22(26)27/h2,4-5,9-10,12-13,17-18H,3,6-8,11,14-16H2,1H3,(H,24,28)/t18-/m1/s1. The number of nitrogens with zero attached hydrogens (tertiary/aromatic N) is 2. The molecule has 1 aliphatic heterocycles. The number of carbonyl (C=O) groups excluding carboxylic acids is 2. The first-order chi connectivity index (χ1) is 14.1. The Balaban J connectivity index is 1.42. The van der Waals surface area contributed by atoms with Crippen LogP contribution in [0.3, 0.4) is 0 Å². The van der Waals surface area contributed by atoms with Gasteiger partial charge in [0.25, 0.3) is 5.91 Å². The Hall–Kier alpha value is -2.89. The van der Waals surface area contributed by atoms with E-state index in [1.165, 1.54) is 6.20 Å². The molecule has 6 heteroatoms. The largest absolute Gasteiger partial charge is 0.470 e. The van der Waals surface area contributed by atoms with E-state index in [1.54, 1.807) is 12.1 Å². The fourth-order valence-corrected chi connectivity index (χ4v) is 3.41. The highest BCUT2D eigenvalue weighted by Gasteiger charge is 2.16. The van der Waals surface area contributed by atoms with Gasteiger partial charge >= 0.3 is 0 Å². The van der Waals surface area contributed by atoms with Crippen LogP contribution < -0.4 is 10.1 Å². The van der Waals surface area contributed by atoms with Gasteiger partial charge in [-0.1, -0.05) is 36.8 Å². The van der Waals surface area contributed by atoms with Crippen molar-refractivity contribution in [1.82, 2.24) is 15.2 Å². The van der Waals surface area contributed by atoms with Gasteiger partial charge in [-0.15, -0.1) is 0 Å². The van der Waals surface area contributed by atoms with E-state index in [2.05, 4.69) is 10.3 Å². The van der Waals surface area contributed by atoms with Gasteiger partial charge in [-0.3, -0.25) is 9.59 Å². The lowest BCUT2D eigenvalue weighted by Crippen LogP contribution is -2.34. The van der Waals surface area contributed by atoms with Crippen LogP contribution in [-0.4, -0.2) is 41.3 Å². The quantitative estimate of drug-likeness (QED) is 0.691. The minimum atomic E-state index is -0.164. The van der Waals surface area contributed by atoms with E-state index in [9.17, 15) is 9.59 Å². The Morgan fingerprint density at radius 1 is 1.17 bits per heavy atom. The predicted molar refractivity (Wildman–Crippen MR) is 112 cm³/mol. The molecule has 29 heavy (non-hydrogen) atoms. The molecule has 0 aliphatic carbocycles. The lowest BCUT2D eigenvalue weighted by Gasteiger charge is -2.20. The number of ether oxygens (including phenoxy) is 1. The lowest BCUT2D eigenvalue weighted by molar-refractivity contribution is -0.130. The Kier molecular flexibility index (Phi) is 7.61. The molecule has 1 fully saturated rings. The molecule has 2 amide bonds. The van der Waals surface area contributed by atoms with E-state index in [0.29, 0.717) is 31.0 Å². The molecule has 3 rings (SSSR count). The fraction of sp³-hybridized carbons (Fsp3) is 0.435. The van der Waals surface area contributed by atoms with E-state index in [0.717, 1.165) is 37.8 Å². The highest BCUT2D eigenvalue weighted by Crippen LogP contribution is 2.19. The topological polar surface area (TPSA) is 71.5 Å². The summed E-state index contributed by atoms with van der Waals surface area (Å²) in [5.41, 5.74) is 1.56. The van der Waals surface area contributed by atoms with Crippen LogP contribution in [0.15, 0.2) is 48.7 Å². The molecular weight excluding hydrogens is 366 g/mol. The van der Waals surface area contributed by atoms with Gasteiger partial charge in [0.1, 0.15) is 6.10 Å². The van der Waals surface area contributed by atoms with Gasteiger partial charge in [-0.2, -0.15) is 0 Å². The van der Waals surface area contributed by atoms with Gasteiger partial charge in [0.05, 0.1) is 5.56 Å². The second-order valence-corrected chi connectivity index (χ2v) is 7.36. The number of benzene rings is 1. The first-order valence-corrected chi connectivity index (χ1v) is 10.4. The van der Waals surface area contributed by atoms with Crippen LogP contribution in [0.1, 0.15) is 61.1 Å². The molecule has 1 aliphatic rings. The smallest absolute Gasteiger partial charge is 0.252 e. The molecule has 1 saturated heterocycles. The van der Waals surface area contributed by atoms with E-state index >= 15 is 0 Å². The molecule has 0 unspecified atom stereocenters. The number of hydrogen-bond acceptors (Lipinski definition) is 4. The molecule has 0 radical (unpaired) electrons. The zero-order chi connectivity index (χ0) is 20.5. The summed E-state index contributed by atoms with van der Waals surface area (Å²) in [6.45, 7) is 4.03. The van der Waals surface area contributed by atoms with Crippen LogP contribution in [0.4, 0.5) is 0 Å². The highest BCUT2D eigenvalue weighted by molar-refractivity contribution is 5.93. The molecule has 1 aromatic carbocycles. The SMILES string of the molecule is C[C@@H](Oc1ccc(C(=O)NCCCN2CCCCCC2=O)cn1)c1ccccc1. The van der Waals surface area contributed by atoms with Crippen LogP contribution in [0.5, 0.6) is 5.88 Å². The van der Waals surface area contributed by atoms with Gasteiger partial charge in [-0.25, -0.2) is 4.98 Å². The predicted octanol–water partition coefficient (Wildman–Crippen LogP) is 3.74. The van der Waals surface area contributed by atoms with Crippen LogP contribution in [-0.2, 0) is 4.79 Å². The van der Waals surface area contributed by atoms with E-state index in [-0.39, 0.29) is 17.9 Å². The number of pyridine rings is 1. The molecule has 6 nitrogen and oxygen atoms in total. The van der Waals surface area contributed by atoms with Gasteiger partial charge < -0.3 is 15.0 Å². The molecule has 2 aromatic rings. The van der Waals surface area contributed by atoms with E-state index in [1.807, 2.05) is 42.2 Å². The average Bonchev–Trinajstić information content (AvgIpc) is 2.96. The second kappa shape index (κ2) is 10.6. The number of amides is 2. The molecule has 1 N–H and O–H groups in total.